The Labute approximate surface area is 141 Å². The highest BCUT2D eigenvalue weighted by atomic mass is 16.6. The highest BCUT2D eigenvalue weighted by Gasteiger charge is 2.23. The van der Waals surface area contributed by atoms with Crippen LogP contribution < -0.4 is 14.8 Å². The Balaban J connectivity index is 1.23. The molecule has 0 amide bonds. The largest absolute Gasteiger partial charge is 0.491 e. The van der Waals surface area contributed by atoms with Crippen molar-refractivity contribution in [2.45, 2.75) is 18.8 Å². The third-order valence-electron chi connectivity index (χ3n) is 3.95. The van der Waals surface area contributed by atoms with Crippen LogP contribution >= 0.6 is 0 Å². The van der Waals surface area contributed by atoms with E-state index in [1.807, 2.05) is 36.4 Å². The first kappa shape index (κ1) is 15.3. The third-order valence-corrected chi connectivity index (χ3v) is 3.95. The van der Waals surface area contributed by atoms with Crippen LogP contribution in [0.5, 0.6) is 11.5 Å². The summed E-state index contributed by atoms with van der Waals surface area (Å²) in [5, 5.41) is 3.40. The van der Waals surface area contributed by atoms with Gasteiger partial charge in [-0.05, 0) is 42.0 Å². The number of epoxide rings is 2. The maximum Gasteiger partial charge on any atom is 0.119 e. The van der Waals surface area contributed by atoms with Gasteiger partial charge in [0, 0.05) is 12.2 Å². The van der Waals surface area contributed by atoms with E-state index in [1.165, 1.54) is 5.56 Å². The number of hydrogen-bond acceptors (Lipinski definition) is 5. The SMILES string of the molecule is c1cc(OCC2CO2)ccc1CNc1ccc(OCC2CO2)cc1. The van der Waals surface area contributed by atoms with Gasteiger partial charge in [-0.2, -0.15) is 0 Å². The molecular weight excluding hydrogens is 306 g/mol. The van der Waals surface area contributed by atoms with Crippen molar-refractivity contribution in [1.29, 1.82) is 0 Å². The molecule has 4 rings (SSSR count). The van der Waals surface area contributed by atoms with Gasteiger partial charge in [0.15, 0.2) is 0 Å². The van der Waals surface area contributed by atoms with E-state index in [2.05, 4.69) is 17.4 Å². The molecule has 0 aliphatic carbocycles. The van der Waals surface area contributed by atoms with Crippen molar-refractivity contribution < 1.29 is 18.9 Å². The minimum atomic E-state index is 0.284. The molecule has 0 aromatic heterocycles. The van der Waals surface area contributed by atoms with E-state index in [-0.39, 0.29) is 12.2 Å². The van der Waals surface area contributed by atoms with E-state index in [0.717, 1.165) is 36.9 Å². The maximum absolute atomic E-state index is 5.64. The number of anilines is 1. The molecule has 2 fully saturated rings. The molecule has 2 saturated heterocycles. The fourth-order valence-electron chi connectivity index (χ4n) is 2.28. The molecule has 2 aliphatic rings. The second kappa shape index (κ2) is 7.11. The second-order valence-electron chi connectivity index (χ2n) is 6.05. The van der Waals surface area contributed by atoms with E-state index in [4.69, 9.17) is 18.9 Å². The Morgan fingerprint density at radius 2 is 1.29 bits per heavy atom. The van der Waals surface area contributed by atoms with Crippen molar-refractivity contribution in [2.75, 3.05) is 31.7 Å². The first-order chi connectivity index (χ1) is 11.8. The van der Waals surface area contributed by atoms with Gasteiger partial charge in [-0.3, -0.25) is 0 Å². The van der Waals surface area contributed by atoms with Crippen LogP contribution in [0.1, 0.15) is 5.56 Å². The van der Waals surface area contributed by atoms with E-state index in [0.29, 0.717) is 13.2 Å². The Hall–Kier alpha value is -2.24. The van der Waals surface area contributed by atoms with E-state index >= 15 is 0 Å². The molecule has 24 heavy (non-hydrogen) atoms. The molecule has 5 nitrogen and oxygen atoms in total. The molecule has 0 bridgehead atoms. The van der Waals surface area contributed by atoms with Gasteiger partial charge in [0.2, 0.25) is 0 Å². The minimum Gasteiger partial charge on any atom is -0.491 e. The minimum absolute atomic E-state index is 0.284. The van der Waals surface area contributed by atoms with Gasteiger partial charge in [0.25, 0.3) is 0 Å². The fourth-order valence-corrected chi connectivity index (χ4v) is 2.28. The molecule has 2 unspecified atom stereocenters. The number of rotatable bonds is 9. The summed E-state index contributed by atoms with van der Waals surface area (Å²) in [6.07, 6.45) is 0.571. The van der Waals surface area contributed by atoms with Gasteiger partial charge in [0.05, 0.1) is 13.2 Å². The van der Waals surface area contributed by atoms with Gasteiger partial charge >= 0.3 is 0 Å². The Kier molecular flexibility index (Phi) is 4.53. The highest BCUT2D eigenvalue weighted by Crippen LogP contribution is 2.20. The third kappa shape index (κ3) is 4.63. The first-order valence-electron chi connectivity index (χ1n) is 8.27. The first-order valence-corrected chi connectivity index (χ1v) is 8.27. The Morgan fingerprint density at radius 3 is 1.79 bits per heavy atom. The van der Waals surface area contributed by atoms with Crippen LogP contribution in [0.2, 0.25) is 0 Å². The van der Waals surface area contributed by atoms with E-state index in [1.54, 1.807) is 0 Å². The summed E-state index contributed by atoms with van der Waals surface area (Å²) in [4.78, 5) is 0. The molecule has 5 heteroatoms. The van der Waals surface area contributed by atoms with Crippen molar-refractivity contribution in [3.05, 3.63) is 54.1 Å². The van der Waals surface area contributed by atoms with E-state index < -0.39 is 0 Å². The van der Waals surface area contributed by atoms with Gasteiger partial charge in [0.1, 0.15) is 36.9 Å². The van der Waals surface area contributed by atoms with E-state index in [9.17, 15) is 0 Å². The lowest BCUT2D eigenvalue weighted by Gasteiger charge is -2.09. The molecule has 0 saturated carbocycles. The van der Waals surface area contributed by atoms with Crippen LogP contribution in [0.25, 0.3) is 0 Å². The molecule has 2 aromatic rings. The maximum atomic E-state index is 5.64. The Bertz CT molecular complexity index is 589. The average molecular weight is 327 g/mol. The number of hydrogen-bond donors (Lipinski definition) is 1. The lowest BCUT2D eigenvalue weighted by molar-refractivity contribution is 0.263. The lowest BCUT2D eigenvalue weighted by Crippen LogP contribution is -2.05. The molecular formula is C19H21NO4. The van der Waals surface area contributed by atoms with Crippen molar-refractivity contribution in [2.24, 2.45) is 0 Å². The second-order valence-corrected chi connectivity index (χ2v) is 6.05. The van der Waals surface area contributed by atoms with Gasteiger partial charge in [-0.15, -0.1) is 0 Å². The molecule has 1 N–H and O–H groups in total. The number of ether oxygens (including phenoxy) is 4. The van der Waals surface area contributed by atoms with Crippen molar-refractivity contribution in [3.8, 4) is 11.5 Å². The summed E-state index contributed by atoms with van der Waals surface area (Å²) in [7, 11) is 0. The zero-order valence-electron chi connectivity index (χ0n) is 13.4. The zero-order chi connectivity index (χ0) is 16.2. The van der Waals surface area contributed by atoms with Crippen molar-refractivity contribution >= 4 is 5.69 Å². The van der Waals surface area contributed by atoms with Gasteiger partial charge in [-0.1, -0.05) is 12.1 Å². The summed E-state index contributed by atoms with van der Waals surface area (Å²) >= 11 is 0. The Morgan fingerprint density at radius 1 is 0.792 bits per heavy atom. The molecule has 2 atom stereocenters. The predicted octanol–water partition coefficient (Wildman–Crippen LogP) is 2.85. The smallest absolute Gasteiger partial charge is 0.119 e. The summed E-state index contributed by atoms with van der Waals surface area (Å²) in [5.41, 5.74) is 2.27. The summed E-state index contributed by atoms with van der Waals surface area (Å²) < 4.78 is 21.5. The highest BCUT2D eigenvalue weighted by molar-refractivity contribution is 5.47. The molecule has 2 aliphatic heterocycles. The zero-order valence-corrected chi connectivity index (χ0v) is 13.4. The van der Waals surface area contributed by atoms with Crippen LogP contribution in [0.3, 0.4) is 0 Å². The topological polar surface area (TPSA) is 55.5 Å². The van der Waals surface area contributed by atoms with Crippen LogP contribution in [0, 0.1) is 0 Å². The number of benzene rings is 2. The lowest BCUT2D eigenvalue weighted by atomic mass is 10.2. The van der Waals surface area contributed by atoms with Crippen molar-refractivity contribution in [1.82, 2.24) is 0 Å². The van der Waals surface area contributed by atoms with Gasteiger partial charge < -0.3 is 24.3 Å². The van der Waals surface area contributed by atoms with Crippen LogP contribution in [-0.2, 0) is 16.0 Å². The molecule has 2 aromatic carbocycles. The molecule has 0 spiro atoms. The fraction of sp³-hybridized carbons (Fsp3) is 0.368. The normalized spacial score (nSPS) is 21.2. The summed E-state index contributed by atoms with van der Waals surface area (Å²) in [6, 6.07) is 16.1. The van der Waals surface area contributed by atoms with Crippen LogP contribution in [0.15, 0.2) is 48.5 Å². The molecule has 0 radical (unpaired) electrons. The summed E-state index contributed by atoms with van der Waals surface area (Å²) in [5.74, 6) is 1.76. The standard InChI is InChI=1S/C19H21NO4/c1-5-16(21-10-18-12-23-18)6-2-14(1)9-20-15-3-7-17(8-4-15)22-11-19-13-24-19/h1-8,18-20H,9-13H2. The van der Waals surface area contributed by atoms with Crippen molar-refractivity contribution in [3.63, 3.8) is 0 Å². The average Bonchev–Trinajstić information content (AvgIpc) is 3.53. The summed E-state index contributed by atoms with van der Waals surface area (Å²) in [6.45, 7) is 3.67. The predicted molar refractivity (Wildman–Crippen MR) is 90.7 cm³/mol. The number of nitrogens with one attached hydrogen (secondary N) is 1. The van der Waals surface area contributed by atoms with Crippen LogP contribution in [-0.4, -0.2) is 38.6 Å². The molecule has 126 valence electrons. The monoisotopic (exact) mass is 327 g/mol. The molecule has 2 heterocycles. The van der Waals surface area contributed by atoms with Crippen LogP contribution in [0.4, 0.5) is 5.69 Å². The quantitative estimate of drug-likeness (QED) is 0.718. The van der Waals surface area contributed by atoms with Gasteiger partial charge in [-0.25, -0.2) is 0 Å².